The van der Waals surface area contributed by atoms with Crippen LogP contribution in [0.25, 0.3) is 0 Å². The lowest BCUT2D eigenvalue weighted by atomic mass is 9.99. The van der Waals surface area contributed by atoms with E-state index in [2.05, 4.69) is 34.6 Å². The van der Waals surface area contributed by atoms with Gasteiger partial charge in [-0.05, 0) is 31.1 Å². The predicted octanol–water partition coefficient (Wildman–Crippen LogP) is 16.1. The minimum atomic E-state index is -0.762. The Balaban J connectivity index is 4.31. The summed E-state index contributed by atoms with van der Waals surface area (Å²) in [5, 5.41) is 0. The average Bonchev–Trinajstić information content (AvgIpc) is 3.19. The molecule has 0 saturated heterocycles. The minimum Gasteiger partial charge on any atom is -0.462 e. The second-order valence-corrected chi connectivity index (χ2v) is 18.2. The highest BCUT2D eigenvalue weighted by Crippen LogP contribution is 2.18. The van der Waals surface area contributed by atoms with Gasteiger partial charge < -0.3 is 14.2 Å². The zero-order valence-electron chi connectivity index (χ0n) is 39.0. The van der Waals surface area contributed by atoms with E-state index in [0.29, 0.717) is 19.3 Å². The summed E-state index contributed by atoms with van der Waals surface area (Å²) >= 11 is 0. The highest BCUT2D eigenvalue weighted by molar-refractivity contribution is 5.71. The lowest BCUT2D eigenvalue weighted by Crippen LogP contribution is -2.30. The summed E-state index contributed by atoms with van der Waals surface area (Å²) in [6.07, 6.45) is 43.7. The van der Waals surface area contributed by atoms with E-state index in [9.17, 15) is 14.4 Å². The second kappa shape index (κ2) is 44.0. The molecule has 0 aromatic heterocycles. The average molecular weight is 807 g/mol. The van der Waals surface area contributed by atoms with Crippen molar-refractivity contribution in [2.45, 2.75) is 285 Å². The molecular weight excluding hydrogens is 709 g/mol. The molecule has 0 N–H and O–H groups in total. The molecule has 0 spiro atoms. The van der Waals surface area contributed by atoms with E-state index >= 15 is 0 Å². The van der Waals surface area contributed by atoms with Crippen LogP contribution < -0.4 is 0 Å². The number of carbonyl (C=O) groups excluding carboxylic acids is 3. The fraction of sp³-hybridized carbons (Fsp3) is 0.941. The van der Waals surface area contributed by atoms with Crippen molar-refractivity contribution in [2.75, 3.05) is 13.2 Å². The molecular formula is C51H98O6. The van der Waals surface area contributed by atoms with Crippen molar-refractivity contribution >= 4 is 17.9 Å². The van der Waals surface area contributed by atoms with Crippen LogP contribution in [0.1, 0.15) is 279 Å². The summed E-state index contributed by atoms with van der Waals surface area (Å²) < 4.78 is 16.8. The van der Waals surface area contributed by atoms with Gasteiger partial charge in [-0.2, -0.15) is 0 Å². The summed E-state index contributed by atoms with van der Waals surface area (Å²) in [7, 11) is 0. The van der Waals surface area contributed by atoms with Gasteiger partial charge in [0.15, 0.2) is 6.10 Å². The standard InChI is InChI=1S/C51H98O6/c1-6-8-9-10-11-12-13-14-15-16-17-21-26-31-36-41-49(52)55-44-48(45-56-50(53)42-37-32-28-23-24-29-34-39-46(3)4)57-51(54)43-38-33-27-22-19-18-20-25-30-35-40-47(5)7-2/h46-48H,6-45H2,1-5H3/t47?,48-/m0/s1. The Morgan fingerprint density at radius 2 is 0.667 bits per heavy atom. The Hall–Kier alpha value is -1.59. The Morgan fingerprint density at radius 1 is 0.368 bits per heavy atom. The SMILES string of the molecule is CCCCCCCCCCCCCCCCCC(=O)OC[C@@H](COC(=O)CCCCCCCCCC(C)C)OC(=O)CCCCCCCCCCCCC(C)CC. The number of carbonyl (C=O) groups is 3. The normalized spacial score (nSPS) is 12.5. The van der Waals surface area contributed by atoms with Gasteiger partial charge in [-0.15, -0.1) is 0 Å². The first kappa shape index (κ1) is 55.4. The quantitative estimate of drug-likeness (QED) is 0.0346. The zero-order chi connectivity index (χ0) is 41.9. The summed E-state index contributed by atoms with van der Waals surface area (Å²) in [5.74, 6) is 0.796. The van der Waals surface area contributed by atoms with Gasteiger partial charge in [0.1, 0.15) is 13.2 Å². The van der Waals surface area contributed by atoms with Crippen molar-refractivity contribution in [2.24, 2.45) is 11.8 Å². The first-order valence-corrected chi connectivity index (χ1v) is 25.3. The molecule has 0 aliphatic heterocycles. The molecule has 0 radical (unpaired) electrons. The fourth-order valence-corrected chi connectivity index (χ4v) is 7.60. The Labute approximate surface area is 355 Å². The third-order valence-electron chi connectivity index (χ3n) is 11.8. The van der Waals surface area contributed by atoms with Gasteiger partial charge in [0.25, 0.3) is 0 Å². The third kappa shape index (κ3) is 43.8. The first-order valence-electron chi connectivity index (χ1n) is 25.3. The van der Waals surface area contributed by atoms with E-state index < -0.39 is 6.10 Å². The molecule has 6 nitrogen and oxygen atoms in total. The van der Waals surface area contributed by atoms with Crippen LogP contribution in [-0.2, 0) is 28.6 Å². The number of rotatable bonds is 45. The number of unbranched alkanes of at least 4 members (excludes halogenated alkanes) is 29. The predicted molar refractivity (Wildman–Crippen MR) is 243 cm³/mol. The van der Waals surface area contributed by atoms with E-state index in [1.807, 2.05) is 0 Å². The van der Waals surface area contributed by atoms with Gasteiger partial charge in [-0.3, -0.25) is 14.4 Å². The van der Waals surface area contributed by atoms with E-state index in [0.717, 1.165) is 69.6 Å². The molecule has 6 heteroatoms. The molecule has 0 amide bonds. The van der Waals surface area contributed by atoms with Crippen LogP contribution in [0.3, 0.4) is 0 Å². The Morgan fingerprint density at radius 3 is 1.00 bits per heavy atom. The molecule has 57 heavy (non-hydrogen) atoms. The maximum atomic E-state index is 12.8. The van der Waals surface area contributed by atoms with E-state index in [4.69, 9.17) is 14.2 Å². The molecule has 0 saturated carbocycles. The van der Waals surface area contributed by atoms with Crippen LogP contribution in [0.4, 0.5) is 0 Å². The van der Waals surface area contributed by atoms with Crippen LogP contribution >= 0.6 is 0 Å². The lowest BCUT2D eigenvalue weighted by Gasteiger charge is -2.18. The second-order valence-electron chi connectivity index (χ2n) is 18.2. The number of esters is 3. The highest BCUT2D eigenvalue weighted by atomic mass is 16.6. The lowest BCUT2D eigenvalue weighted by molar-refractivity contribution is -0.167. The first-order chi connectivity index (χ1) is 27.8. The maximum absolute atomic E-state index is 12.8. The van der Waals surface area contributed by atoms with Gasteiger partial charge in [0.05, 0.1) is 0 Å². The molecule has 0 rings (SSSR count). The van der Waals surface area contributed by atoms with Gasteiger partial charge in [-0.25, -0.2) is 0 Å². The van der Waals surface area contributed by atoms with Gasteiger partial charge in [-0.1, -0.05) is 240 Å². The van der Waals surface area contributed by atoms with Crippen molar-refractivity contribution in [3.05, 3.63) is 0 Å². The van der Waals surface area contributed by atoms with E-state index in [1.54, 1.807) is 0 Å². The molecule has 0 aromatic rings. The Bertz CT molecular complexity index is 872. The molecule has 0 bridgehead atoms. The topological polar surface area (TPSA) is 78.9 Å². The van der Waals surface area contributed by atoms with Crippen LogP contribution in [-0.4, -0.2) is 37.2 Å². The molecule has 0 aliphatic rings. The number of hydrogen-bond donors (Lipinski definition) is 0. The van der Waals surface area contributed by atoms with Crippen LogP contribution in [0.2, 0.25) is 0 Å². The molecule has 0 aliphatic carbocycles. The molecule has 1 unspecified atom stereocenters. The van der Waals surface area contributed by atoms with Gasteiger partial charge in [0.2, 0.25) is 0 Å². The van der Waals surface area contributed by atoms with Crippen molar-refractivity contribution in [3.63, 3.8) is 0 Å². The molecule has 338 valence electrons. The van der Waals surface area contributed by atoms with Crippen LogP contribution in [0.15, 0.2) is 0 Å². The maximum Gasteiger partial charge on any atom is 0.306 e. The van der Waals surface area contributed by atoms with Crippen molar-refractivity contribution in [1.82, 2.24) is 0 Å². The van der Waals surface area contributed by atoms with Crippen molar-refractivity contribution in [1.29, 1.82) is 0 Å². The zero-order valence-corrected chi connectivity index (χ0v) is 39.0. The third-order valence-corrected chi connectivity index (χ3v) is 11.8. The monoisotopic (exact) mass is 807 g/mol. The number of ether oxygens (including phenoxy) is 3. The number of hydrogen-bond acceptors (Lipinski definition) is 6. The smallest absolute Gasteiger partial charge is 0.306 e. The summed E-state index contributed by atoms with van der Waals surface area (Å²) in [6, 6.07) is 0. The van der Waals surface area contributed by atoms with Gasteiger partial charge >= 0.3 is 17.9 Å². The van der Waals surface area contributed by atoms with Crippen LogP contribution in [0.5, 0.6) is 0 Å². The van der Waals surface area contributed by atoms with E-state index in [-0.39, 0.29) is 31.1 Å². The summed E-state index contributed by atoms with van der Waals surface area (Å²) in [4.78, 5) is 37.9. The van der Waals surface area contributed by atoms with Crippen molar-refractivity contribution < 1.29 is 28.6 Å². The summed E-state index contributed by atoms with van der Waals surface area (Å²) in [5.41, 5.74) is 0. The highest BCUT2D eigenvalue weighted by Gasteiger charge is 2.19. The fourth-order valence-electron chi connectivity index (χ4n) is 7.60. The van der Waals surface area contributed by atoms with Crippen LogP contribution in [0, 0.1) is 11.8 Å². The summed E-state index contributed by atoms with van der Waals surface area (Å²) in [6.45, 7) is 11.3. The Kier molecular flexibility index (Phi) is 42.7. The molecule has 0 heterocycles. The molecule has 0 aromatic carbocycles. The molecule has 2 atom stereocenters. The van der Waals surface area contributed by atoms with E-state index in [1.165, 1.54) is 167 Å². The van der Waals surface area contributed by atoms with Gasteiger partial charge in [0, 0.05) is 19.3 Å². The van der Waals surface area contributed by atoms with Crippen molar-refractivity contribution in [3.8, 4) is 0 Å². The largest absolute Gasteiger partial charge is 0.462 e. The molecule has 0 fully saturated rings. The minimum absolute atomic E-state index is 0.0645.